The van der Waals surface area contributed by atoms with Crippen LogP contribution >= 0.6 is 0 Å². The smallest absolute Gasteiger partial charge is 0.0659 e. The lowest BCUT2D eigenvalue weighted by Crippen LogP contribution is -2.13. The van der Waals surface area contributed by atoms with E-state index in [0.29, 0.717) is 0 Å². The molecule has 1 aliphatic heterocycles. The van der Waals surface area contributed by atoms with Gasteiger partial charge in [0.05, 0.1) is 18.5 Å². The molecule has 4 rings (SSSR count). The Bertz CT molecular complexity index is 819. The molecule has 0 N–H and O–H groups in total. The van der Waals surface area contributed by atoms with Crippen LogP contribution in [0.1, 0.15) is 18.1 Å². The van der Waals surface area contributed by atoms with Crippen LogP contribution in [0.5, 0.6) is 0 Å². The summed E-state index contributed by atoms with van der Waals surface area (Å²) in [6, 6.07) is 10.4. The van der Waals surface area contributed by atoms with Crippen LogP contribution in [0.15, 0.2) is 77.7 Å². The Morgan fingerprint density at radius 1 is 1.18 bits per heavy atom. The summed E-state index contributed by atoms with van der Waals surface area (Å²) in [6.07, 6.45) is 12.5. The molecule has 3 heteroatoms. The highest BCUT2D eigenvalue weighted by atomic mass is 15.3. The molecule has 1 aromatic carbocycles. The predicted molar refractivity (Wildman–Crippen MR) is 89.6 cm³/mol. The minimum Gasteiger partial charge on any atom is -0.268 e. The van der Waals surface area contributed by atoms with E-state index in [4.69, 9.17) is 0 Å². The fourth-order valence-corrected chi connectivity index (χ4v) is 3.01. The number of allylic oxidation sites excluding steroid dienone is 5. The molecule has 0 fully saturated rings. The quantitative estimate of drug-likeness (QED) is 0.843. The van der Waals surface area contributed by atoms with Gasteiger partial charge in [-0.05, 0) is 23.6 Å². The summed E-state index contributed by atoms with van der Waals surface area (Å²) in [6.45, 7) is 2.91. The van der Waals surface area contributed by atoms with Gasteiger partial charge in [-0.25, -0.2) is 0 Å². The van der Waals surface area contributed by atoms with Crippen molar-refractivity contribution >= 4 is 11.3 Å². The summed E-state index contributed by atoms with van der Waals surface area (Å²) < 4.78 is 1.98. The van der Waals surface area contributed by atoms with Crippen molar-refractivity contribution in [2.75, 3.05) is 0 Å². The highest BCUT2D eigenvalue weighted by Crippen LogP contribution is 2.34. The lowest BCUT2D eigenvalue weighted by atomic mass is 9.86. The molecule has 1 aromatic heterocycles. The molecule has 2 aliphatic rings. The number of benzene rings is 1. The molecule has 1 atom stereocenters. The lowest BCUT2D eigenvalue weighted by molar-refractivity contribution is 0.687. The van der Waals surface area contributed by atoms with Gasteiger partial charge in [0.2, 0.25) is 0 Å². The molecule has 22 heavy (non-hydrogen) atoms. The van der Waals surface area contributed by atoms with Gasteiger partial charge in [0.1, 0.15) is 0 Å². The van der Waals surface area contributed by atoms with E-state index in [1.807, 2.05) is 23.1 Å². The Kier molecular flexibility index (Phi) is 3.11. The summed E-state index contributed by atoms with van der Waals surface area (Å²) in [5.41, 5.74) is 6.05. The number of nitrogens with zero attached hydrogens (tertiary/aromatic N) is 3. The van der Waals surface area contributed by atoms with E-state index in [2.05, 4.69) is 65.7 Å². The SMILES string of the molecule is CC1=CC=CC2C(c3cnn(Cc4ccccc4)c3)=CN=C12. The van der Waals surface area contributed by atoms with E-state index in [-0.39, 0.29) is 5.92 Å². The average Bonchev–Trinajstić information content (AvgIpc) is 3.15. The molecule has 1 unspecified atom stereocenters. The second-order valence-corrected chi connectivity index (χ2v) is 5.72. The largest absolute Gasteiger partial charge is 0.268 e. The Morgan fingerprint density at radius 2 is 2.05 bits per heavy atom. The maximum absolute atomic E-state index is 4.59. The van der Waals surface area contributed by atoms with Gasteiger partial charge < -0.3 is 0 Å². The van der Waals surface area contributed by atoms with Crippen LogP contribution in [0.3, 0.4) is 0 Å². The normalized spacial score (nSPS) is 19.5. The molecule has 0 spiro atoms. The zero-order valence-electron chi connectivity index (χ0n) is 12.5. The zero-order valence-corrected chi connectivity index (χ0v) is 12.5. The second kappa shape index (κ2) is 5.26. The van der Waals surface area contributed by atoms with Crippen molar-refractivity contribution in [1.29, 1.82) is 0 Å². The molecule has 108 valence electrons. The van der Waals surface area contributed by atoms with Crippen LogP contribution in [-0.4, -0.2) is 15.5 Å². The van der Waals surface area contributed by atoms with E-state index in [1.54, 1.807) is 0 Å². The molecule has 0 bridgehead atoms. The van der Waals surface area contributed by atoms with Crippen LogP contribution in [-0.2, 0) is 6.54 Å². The van der Waals surface area contributed by atoms with Crippen LogP contribution in [0, 0.1) is 5.92 Å². The monoisotopic (exact) mass is 287 g/mol. The van der Waals surface area contributed by atoms with Crippen LogP contribution in [0.25, 0.3) is 5.57 Å². The molecular formula is C19H17N3. The number of hydrogen-bond acceptors (Lipinski definition) is 2. The topological polar surface area (TPSA) is 30.2 Å². The first-order valence-electron chi connectivity index (χ1n) is 7.51. The van der Waals surface area contributed by atoms with Crippen molar-refractivity contribution in [2.45, 2.75) is 13.5 Å². The molecule has 0 saturated heterocycles. The molecule has 2 aromatic rings. The van der Waals surface area contributed by atoms with Crippen molar-refractivity contribution in [3.05, 3.63) is 83.9 Å². The average molecular weight is 287 g/mol. The third-order valence-electron chi connectivity index (χ3n) is 4.18. The summed E-state index contributed by atoms with van der Waals surface area (Å²) in [4.78, 5) is 4.59. The third kappa shape index (κ3) is 2.25. The van der Waals surface area contributed by atoms with Crippen molar-refractivity contribution in [3.63, 3.8) is 0 Å². The van der Waals surface area contributed by atoms with Gasteiger partial charge >= 0.3 is 0 Å². The van der Waals surface area contributed by atoms with Crippen LogP contribution in [0.2, 0.25) is 0 Å². The van der Waals surface area contributed by atoms with Crippen LogP contribution < -0.4 is 0 Å². The highest BCUT2D eigenvalue weighted by Gasteiger charge is 2.26. The minimum atomic E-state index is 0.277. The van der Waals surface area contributed by atoms with Crippen LogP contribution in [0.4, 0.5) is 0 Å². The maximum atomic E-state index is 4.59. The van der Waals surface area contributed by atoms with Gasteiger partial charge in [0.15, 0.2) is 0 Å². The third-order valence-corrected chi connectivity index (χ3v) is 4.18. The number of hydrogen-bond donors (Lipinski definition) is 0. The summed E-state index contributed by atoms with van der Waals surface area (Å²) in [5.74, 6) is 0.277. The first-order chi connectivity index (χ1) is 10.8. The first-order valence-corrected chi connectivity index (χ1v) is 7.51. The van der Waals surface area contributed by atoms with Crippen molar-refractivity contribution in [3.8, 4) is 0 Å². The molecule has 2 heterocycles. The fraction of sp³-hybridized carbons (Fsp3) is 0.158. The Balaban J connectivity index is 1.56. The molecule has 0 saturated carbocycles. The summed E-state index contributed by atoms with van der Waals surface area (Å²) in [7, 11) is 0. The Hall–Kier alpha value is -2.68. The van der Waals surface area contributed by atoms with Gasteiger partial charge in [-0.15, -0.1) is 0 Å². The first kappa shape index (κ1) is 13.0. The number of aliphatic imine (C=N–C) groups is 1. The Morgan fingerprint density at radius 3 is 2.91 bits per heavy atom. The van der Waals surface area contributed by atoms with Gasteiger partial charge in [0.25, 0.3) is 0 Å². The fourth-order valence-electron chi connectivity index (χ4n) is 3.01. The van der Waals surface area contributed by atoms with E-state index >= 15 is 0 Å². The van der Waals surface area contributed by atoms with E-state index in [0.717, 1.165) is 17.8 Å². The van der Waals surface area contributed by atoms with E-state index in [1.165, 1.54) is 16.7 Å². The van der Waals surface area contributed by atoms with E-state index in [9.17, 15) is 0 Å². The van der Waals surface area contributed by atoms with E-state index < -0.39 is 0 Å². The number of rotatable bonds is 3. The molecule has 1 aliphatic carbocycles. The van der Waals surface area contributed by atoms with Crippen molar-refractivity contribution in [2.24, 2.45) is 10.9 Å². The molecule has 0 amide bonds. The zero-order chi connectivity index (χ0) is 14.9. The second-order valence-electron chi connectivity index (χ2n) is 5.72. The molecular weight excluding hydrogens is 270 g/mol. The molecule has 0 radical (unpaired) electrons. The number of aromatic nitrogens is 2. The summed E-state index contributed by atoms with van der Waals surface area (Å²) >= 11 is 0. The Labute approximate surface area is 130 Å². The van der Waals surface area contributed by atoms with Gasteiger partial charge in [-0.2, -0.15) is 5.10 Å². The standard InChI is InChI=1S/C19H17N3/c1-14-6-5-9-17-18(11-20-19(14)17)16-10-21-22(13-16)12-15-7-3-2-4-8-15/h2-11,13,17H,12H2,1H3. The van der Waals surface area contributed by atoms with Crippen molar-refractivity contribution in [1.82, 2.24) is 9.78 Å². The summed E-state index contributed by atoms with van der Waals surface area (Å²) in [5, 5.41) is 4.50. The molecule has 3 nitrogen and oxygen atoms in total. The van der Waals surface area contributed by atoms with Gasteiger partial charge in [0, 0.05) is 23.9 Å². The van der Waals surface area contributed by atoms with Gasteiger partial charge in [-0.3, -0.25) is 9.67 Å². The predicted octanol–water partition coefficient (Wildman–Crippen LogP) is 3.86. The van der Waals surface area contributed by atoms with Crippen molar-refractivity contribution < 1.29 is 0 Å². The number of fused-ring (bicyclic) bond motifs is 1. The van der Waals surface area contributed by atoms with Gasteiger partial charge in [-0.1, -0.05) is 48.6 Å². The minimum absolute atomic E-state index is 0.277. The maximum Gasteiger partial charge on any atom is 0.0659 e. The lowest BCUT2D eigenvalue weighted by Gasteiger charge is -2.16. The highest BCUT2D eigenvalue weighted by molar-refractivity contribution is 6.12.